The Balaban J connectivity index is 1.80. The van der Waals surface area contributed by atoms with Crippen LogP contribution >= 0.6 is 0 Å². The Morgan fingerprint density at radius 1 is 1.13 bits per heavy atom. The van der Waals surface area contributed by atoms with Gasteiger partial charge >= 0.3 is 0 Å². The summed E-state index contributed by atoms with van der Waals surface area (Å²) in [4.78, 5) is 36.1. The molecule has 1 aromatic carbocycles. The SMILES string of the molecule is CNCCC1=C2C(=O)C(c3ccc4c(c3O)=C(CCN(C)C)C(=O)N=4)=CC=C2N=C1. The average molecular weight is 404 g/mol. The third-order valence-electron chi connectivity index (χ3n) is 5.50. The lowest BCUT2D eigenvalue weighted by atomic mass is 9.87. The van der Waals surface area contributed by atoms with Crippen molar-refractivity contribution in [3.8, 4) is 5.75 Å². The van der Waals surface area contributed by atoms with Crippen LogP contribution in [0.15, 0.2) is 51.1 Å². The second-order valence-corrected chi connectivity index (χ2v) is 7.78. The Morgan fingerprint density at radius 3 is 2.67 bits per heavy atom. The van der Waals surface area contributed by atoms with Gasteiger partial charge < -0.3 is 15.3 Å². The van der Waals surface area contributed by atoms with Crippen molar-refractivity contribution in [2.24, 2.45) is 9.98 Å². The third-order valence-corrected chi connectivity index (χ3v) is 5.50. The molecule has 2 N–H and O–H groups in total. The average Bonchev–Trinajstić information content (AvgIpc) is 3.27. The van der Waals surface area contributed by atoms with E-state index >= 15 is 0 Å². The normalized spacial score (nSPS) is 17.4. The first kappa shape index (κ1) is 20.1. The number of Topliss-reactive ketones (excluding diaryl/α,β-unsaturated/α-hetero) is 1. The van der Waals surface area contributed by atoms with Crippen LogP contribution in [0.3, 0.4) is 0 Å². The minimum atomic E-state index is -0.327. The van der Waals surface area contributed by atoms with Crippen LogP contribution in [0.2, 0.25) is 0 Å². The van der Waals surface area contributed by atoms with Crippen LogP contribution in [0.1, 0.15) is 18.4 Å². The molecular formula is C23H24N4O3. The van der Waals surface area contributed by atoms with Gasteiger partial charge in [0, 0.05) is 29.5 Å². The van der Waals surface area contributed by atoms with Crippen LogP contribution in [-0.2, 0) is 9.59 Å². The molecule has 30 heavy (non-hydrogen) atoms. The van der Waals surface area contributed by atoms with E-state index in [0.29, 0.717) is 57.9 Å². The molecule has 0 unspecified atom stereocenters. The molecule has 2 aliphatic heterocycles. The van der Waals surface area contributed by atoms with E-state index in [1.165, 1.54) is 0 Å². The molecule has 7 nitrogen and oxygen atoms in total. The molecule has 3 aliphatic rings. The van der Waals surface area contributed by atoms with Crippen LogP contribution < -0.4 is 15.9 Å². The second kappa shape index (κ2) is 7.93. The lowest BCUT2D eigenvalue weighted by Gasteiger charge is -2.15. The number of nitrogens with one attached hydrogen (secondary N) is 1. The van der Waals surface area contributed by atoms with Gasteiger partial charge in [-0.1, -0.05) is 0 Å². The molecule has 1 aliphatic carbocycles. The predicted molar refractivity (Wildman–Crippen MR) is 116 cm³/mol. The minimum Gasteiger partial charge on any atom is -0.507 e. The zero-order valence-electron chi connectivity index (χ0n) is 17.3. The van der Waals surface area contributed by atoms with Gasteiger partial charge in [0.1, 0.15) is 5.75 Å². The Kier molecular flexibility index (Phi) is 5.32. The molecule has 1 aromatic rings. The summed E-state index contributed by atoms with van der Waals surface area (Å²) in [6, 6.07) is 3.35. The topological polar surface area (TPSA) is 94.4 Å². The van der Waals surface area contributed by atoms with Crippen LogP contribution in [0.4, 0.5) is 0 Å². The molecule has 0 aromatic heterocycles. The van der Waals surface area contributed by atoms with Gasteiger partial charge in [-0.15, -0.1) is 0 Å². The summed E-state index contributed by atoms with van der Waals surface area (Å²) >= 11 is 0. The largest absolute Gasteiger partial charge is 0.507 e. The van der Waals surface area contributed by atoms with Crippen molar-refractivity contribution in [3.05, 3.63) is 57.3 Å². The second-order valence-electron chi connectivity index (χ2n) is 7.78. The summed E-state index contributed by atoms with van der Waals surface area (Å²) in [6.45, 7) is 1.40. The van der Waals surface area contributed by atoms with Crippen LogP contribution in [0.25, 0.3) is 11.1 Å². The van der Waals surface area contributed by atoms with Crippen LogP contribution in [0, 0.1) is 0 Å². The van der Waals surface area contributed by atoms with Crippen molar-refractivity contribution in [1.29, 1.82) is 0 Å². The van der Waals surface area contributed by atoms with Crippen molar-refractivity contribution in [3.63, 3.8) is 0 Å². The summed E-state index contributed by atoms with van der Waals surface area (Å²) in [5, 5.41) is 15.0. The van der Waals surface area contributed by atoms with Crippen molar-refractivity contribution < 1.29 is 14.7 Å². The first-order valence-electron chi connectivity index (χ1n) is 9.94. The van der Waals surface area contributed by atoms with E-state index in [9.17, 15) is 14.7 Å². The van der Waals surface area contributed by atoms with E-state index in [4.69, 9.17) is 0 Å². The molecule has 154 valence electrons. The zero-order valence-corrected chi connectivity index (χ0v) is 17.3. The Morgan fingerprint density at radius 2 is 1.93 bits per heavy atom. The number of benzene rings is 1. The zero-order chi connectivity index (χ0) is 21.4. The third kappa shape index (κ3) is 3.36. The fraction of sp³-hybridized carbons (Fsp3) is 0.304. The molecule has 0 saturated heterocycles. The maximum Gasteiger partial charge on any atom is 0.274 e. The number of carbonyl (C=O) groups excluding carboxylic acids is 2. The Hall–Kier alpha value is -3.16. The number of allylic oxidation sites excluding steroid dienone is 4. The summed E-state index contributed by atoms with van der Waals surface area (Å²) in [6.07, 6.45) is 6.39. The number of hydrogen-bond acceptors (Lipinski definition) is 6. The summed E-state index contributed by atoms with van der Waals surface area (Å²) in [5.41, 5.74) is 3.41. The van der Waals surface area contributed by atoms with Gasteiger partial charge in [-0.3, -0.25) is 14.6 Å². The van der Waals surface area contributed by atoms with Gasteiger partial charge in [-0.05, 0) is 70.4 Å². The molecule has 1 amide bonds. The number of phenols is 1. The van der Waals surface area contributed by atoms with Crippen LogP contribution in [-0.4, -0.2) is 62.1 Å². The number of phenolic OH excluding ortho intramolecular Hbond substituents is 1. The molecule has 0 atom stereocenters. The first-order chi connectivity index (χ1) is 14.4. The standard InChI is InChI=1S/C23H24N4O3/c1-24-10-8-13-12-25-17-6-4-14(21(28)19(13)17)15-5-7-18-20(22(15)29)16(23(30)26-18)9-11-27(2)3/h4-7,12,24,29H,8-11H2,1-3H3. The number of amides is 1. The molecule has 4 rings (SSSR count). The van der Waals surface area contributed by atoms with E-state index in [-0.39, 0.29) is 17.4 Å². The number of fused-ring (bicyclic) bond motifs is 2. The molecule has 0 radical (unpaired) electrons. The van der Waals surface area contributed by atoms with E-state index in [0.717, 1.165) is 12.1 Å². The monoisotopic (exact) mass is 404 g/mol. The summed E-state index contributed by atoms with van der Waals surface area (Å²) in [5.74, 6) is -0.558. The molecule has 0 bridgehead atoms. The molecule has 0 spiro atoms. The lowest BCUT2D eigenvalue weighted by Crippen LogP contribution is -2.26. The maximum absolute atomic E-state index is 13.3. The first-order valence-corrected chi connectivity index (χ1v) is 9.94. The highest BCUT2D eigenvalue weighted by Gasteiger charge is 2.30. The number of carbonyl (C=O) groups is 2. The number of aromatic hydroxyl groups is 1. The van der Waals surface area contributed by atoms with Gasteiger partial charge in [-0.2, -0.15) is 0 Å². The smallest absolute Gasteiger partial charge is 0.274 e. The Bertz CT molecular complexity index is 1200. The van der Waals surface area contributed by atoms with Crippen molar-refractivity contribution in [2.45, 2.75) is 12.8 Å². The molecule has 0 saturated carbocycles. The van der Waals surface area contributed by atoms with Crippen molar-refractivity contribution in [1.82, 2.24) is 10.2 Å². The predicted octanol–water partition coefficient (Wildman–Crippen LogP) is 0.495. The lowest BCUT2D eigenvalue weighted by molar-refractivity contribution is -0.113. The van der Waals surface area contributed by atoms with E-state index in [1.54, 1.807) is 30.5 Å². The number of nitrogens with zero attached hydrogens (tertiary/aromatic N) is 3. The summed E-state index contributed by atoms with van der Waals surface area (Å²) in [7, 11) is 5.71. The Labute approximate surface area is 174 Å². The molecular weight excluding hydrogens is 380 g/mol. The van der Waals surface area contributed by atoms with Gasteiger partial charge in [0.2, 0.25) is 0 Å². The fourth-order valence-electron chi connectivity index (χ4n) is 3.90. The summed E-state index contributed by atoms with van der Waals surface area (Å²) < 4.78 is 0. The highest BCUT2D eigenvalue weighted by atomic mass is 16.3. The molecule has 2 heterocycles. The minimum absolute atomic E-state index is 0.0661. The highest BCUT2D eigenvalue weighted by molar-refractivity contribution is 6.34. The number of aliphatic imine (C=N–C) groups is 1. The van der Waals surface area contributed by atoms with E-state index in [1.807, 2.05) is 26.0 Å². The van der Waals surface area contributed by atoms with Gasteiger partial charge in [0.05, 0.1) is 21.8 Å². The van der Waals surface area contributed by atoms with Gasteiger partial charge in [-0.25, -0.2) is 4.99 Å². The highest BCUT2D eigenvalue weighted by Crippen LogP contribution is 2.35. The van der Waals surface area contributed by atoms with E-state index < -0.39 is 0 Å². The number of hydrogen-bond donors (Lipinski definition) is 2. The van der Waals surface area contributed by atoms with Crippen molar-refractivity contribution >= 4 is 29.1 Å². The molecule has 7 heteroatoms. The van der Waals surface area contributed by atoms with E-state index in [2.05, 4.69) is 15.3 Å². The fourth-order valence-corrected chi connectivity index (χ4v) is 3.90. The maximum atomic E-state index is 13.3. The number of rotatable bonds is 7. The molecule has 0 fully saturated rings. The van der Waals surface area contributed by atoms with Gasteiger partial charge in [0.15, 0.2) is 5.78 Å². The number of ketones is 1. The van der Waals surface area contributed by atoms with Crippen molar-refractivity contribution in [2.75, 3.05) is 34.2 Å². The quantitative estimate of drug-likeness (QED) is 0.690. The van der Waals surface area contributed by atoms with Crippen LogP contribution in [0.5, 0.6) is 5.75 Å². The van der Waals surface area contributed by atoms with Gasteiger partial charge in [0.25, 0.3) is 5.91 Å².